The zero-order chi connectivity index (χ0) is 21.9. The third-order valence-corrected chi connectivity index (χ3v) is 6.12. The Balaban J connectivity index is 0.00000124. The van der Waals surface area contributed by atoms with Crippen LogP contribution in [0.15, 0.2) is 30.7 Å². The smallest absolute Gasteiger partial charge is 0.222 e. The Kier molecular flexibility index (Phi) is 6.94. The number of carbonyl (C=O) groups is 1. The van der Waals surface area contributed by atoms with E-state index in [9.17, 15) is 9.18 Å². The van der Waals surface area contributed by atoms with Crippen LogP contribution in [0.2, 0.25) is 0 Å². The van der Waals surface area contributed by atoms with Gasteiger partial charge >= 0.3 is 0 Å². The molecule has 4 rings (SSSR count). The Bertz CT molecular complexity index is 869. The molecule has 0 radical (unpaired) electrons. The minimum Gasteiger partial charge on any atom is -0.342 e. The molecule has 0 aliphatic carbocycles. The SMILES string of the molecule is CC.CC(C)CC(=O)N1CCC(F)(CCC2c3c(F)cccc3-c3cncn32)CC1. The topological polar surface area (TPSA) is 38.1 Å². The number of benzene rings is 1. The zero-order valence-electron chi connectivity index (χ0n) is 18.5. The number of amides is 1. The van der Waals surface area contributed by atoms with Gasteiger partial charge in [0.05, 0.1) is 24.3 Å². The molecule has 2 aliphatic rings. The first-order chi connectivity index (χ1) is 14.4. The monoisotopic (exact) mass is 417 g/mol. The minimum atomic E-state index is -1.30. The highest BCUT2D eigenvalue weighted by molar-refractivity contribution is 5.76. The van der Waals surface area contributed by atoms with Crippen LogP contribution in [0.1, 0.15) is 71.4 Å². The van der Waals surface area contributed by atoms with E-state index < -0.39 is 5.67 Å². The lowest BCUT2D eigenvalue weighted by atomic mass is 9.86. The van der Waals surface area contributed by atoms with Gasteiger partial charge in [0, 0.05) is 30.6 Å². The summed E-state index contributed by atoms with van der Waals surface area (Å²) < 4.78 is 31.9. The van der Waals surface area contributed by atoms with Crippen molar-refractivity contribution in [2.45, 2.75) is 71.5 Å². The van der Waals surface area contributed by atoms with Gasteiger partial charge < -0.3 is 9.47 Å². The third kappa shape index (κ3) is 4.42. The van der Waals surface area contributed by atoms with Crippen LogP contribution in [-0.2, 0) is 4.79 Å². The lowest BCUT2D eigenvalue weighted by Gasteiger charge is -2.37. The number of nitrogens with zero attached hydrogens (tertiary/aromatic N) is 3. The van der Waals surface area contributed by atoms with Gasteiger partial charge in [-0.2, -0.15) is 0 Å². The molecule has 6 heteroatoms. The predicted octanol–water partition coefficient (Wildman–Crippen LogP) is 5.78. The molecule has 1 saturated heterocycles. The largest absolute Gasteiger partial charge is 0.342 e. The normalized spacial score (nSPS) is 19.2. The van der Waals surface area contributed by atoms with Crippen LogP contribution in [0.3, 0.4) is 0 Å². The van der Waals surface area contributed by atoms with E-state index in [0.717, 1.165) is 11.3 Å². The first-order valence-corrected chi connectivity index (χ1v) is 11.2. The van der Waals surface area contributed by atoms with Gasteiger partial charge in [-0.3, -0.25) is 4.79 Å². The van der Waals surface area contributed by atoms with E-state index in [1.165, 1.54) is 6.07 Å². The summed E-state index contributed by atoms with van der Waals surface area (Å²) in [5.41, 5.74) is 1.09. The molecule has 0 N–H and O–H groups in total. The second-order valence-electron chi connectivity index (χ2n) is 8.57. The van der Waals surface area contributed by atoms with Gasteiger partial charge in [0.1, 0.15) is 11.5 Å². The molecule has 0 bridgehead atoms. The lowest BCUT2D eigenvalue weighted by molar-refractivity contribution is -0.134. The maximum atomic E-state index is 15.4. The van der Waals surface area contributed by atoms with Gasteiger partial charge in [0.25, 0.3) is 0 Å². The Labute approximate surface area is 178 Å². The van der Waals surface area contributed by atoms with Crippen molar-refractivity contribution in [2.75, 3.05) is 13.1 Å². The van der Waals surface area contributed by atoms with Crippen molar-refractivity contribution in [2.24, 2.45) is 5.92 Å². The van der Waals surface area contributed by atoms with Crippen molar-refractivity contribution >= 4 is 5.91 Å². The molecule has 1 amide bonds. The fraction of sp³-hybridized carbons (Fsp3) is 0.583. The number of hydrogen-bond donors (Lipinski definition) is 0. The number of fused-ring (bicyclic) bond motifs is 3. The van der Waals surface area contributed by atoms with Crippen molar-refractivity contribution in [1.29, 1.82) is 0 Å². The number of rotatable bonds is 5. The molecular weight excluding hydrogens is 384 g/mol. The molecule has 1 aromatic carbocycles. The highest BCUT2D eigenvalue weighted by Crippen LogP contribution is 2.44. The summed E-state index contributed by atoms with van der Waals surface area (Å²) in [5.74, 6) is 0.186. The minimum absolute atomic E-state index is 0.117. The van der Waals surface area contributed by atoms with Crippen LogP contribution >= 0.6 is 0 Å². The summed E-state index contributed by atoms with van der Waals surface area (Å²) in [6, 6.07) is 4.85. The Hall–Kier alpha value is -2.24. The highest BCUT2D eigenvalue weighted by Gasteiger charge is 2.38. The average molecular weight is 418 g/mol. The average Bonchev–Trinajstić information content (AvgIpc) is 3.30. The summed E-state index contributed by atoms with van der Waals surface area (Å²) in [7, 11) is 0. The summed E-state index contributed by atoms with van der Waals surface area (Å²) in [6.45, 7) is 8.97. The van der Waals surface area contributed by atoms with Crippen LogP contribution < -0.4 is 0 Å². The number of aromatic nitrogens is 2. The third-order valence-electron chi connectivity index (χ3n) is 6.12. The highest BCUT2D eigenvalue weighted by atomic mass is 19.1. The second-order valence-corrected chi connectivity index (χ2v) is 8.57. The number of likely N-dealkylation sites (tertiary alicyclic amines) is 1. The predicted molar refractivity (Wildman–Crippen MR) is 115 cm³/mol. The fourth-order valence-corrected chi connectivity index (χ4v) is 4.56. The van der Waals surface area contributed by atoms with Gasteiger partial charge in [0.15, 0.2) is 0 Å². The van der Waals surface area contributed by atoms with Crippen LogP contribution in [0.5, 0.6) is 0 Å². The van der Waals surface area contributed by atoms with Crippen LogP contribution in [-0.4, -0.2) is 39.1 Å². The number of carbonyl (C=O) groups excluding carboxylic acids is 1. The Morgan fingerprint density at radius 2 is 1.97 bits per heavy atom. The van der Waals surface area contributed by atoms with Crippen molar-refractivity contribution in [3.05, 3.63) is 42.1 Å². The number of alkyl halides is 1. The summed E-state index contributed by atoms with van der Waals surface area (Å²) >= 11 is 0. The van der Waals surface area contributed by atoms with E-state index >= 15 is 4.39 Å². The summed E-state index contributed by atoms with van der Waals surface area (Å²) in [5, 5.41) is 0. The van der Waals surface area contributed by atoms with Crippen LogP contribution in [0.25, 0.3) is 11.3 Å². The van der Waals surface area contributed by atoms with Gasteiger partial charge in [-0.15, -0.1) is 0 Å². The summed E-state index contributed by atoms with van der Waals surface area (Å²) in [6.07, 6.45) is 5.54. The van der Waals surface area contributed by atoms with Crippen molar-refractivity contribution in [3.8, 4) is 11.3 Å². The molecule has 0 saturated carbocycles. The molecular formula is C24H33F2N3O. The first kappa shape index (κ1) is 22.4. The molecule has 2 aromatic rings. The maximum Gasteiger partial charge on any atom is 0.222 e. The fourth-order valence-electron chi connectivity index (χ4n) is 4.56. The van der Waals surface area contributed by atoms with E-state index in [4.69, 9.17) is 0 Å². The number of halogens is 2. The van der Waals surface area contributed by atoms with Crippen LogP contribution in [0.4, 0.5) is 8.78 Å². The molecule has 1 unspecified atom stereocenters. The van der Waals surface area contributed by atoms with E-state index in [1.807, 2.05) is 38.3 Å². The number of hydrogen-bond acceptors (Lipinski definition) is 2. The molecule has 1 aromatic heterocycles. The van der Waals surface area contributed by atoms with Crippen molar-refractivity contribution < 1.29 is 13.6 Å². The van der Waals surface area contributed by atoms with Crippen LogP contribution in [0, 0.1) is 11.7 Å². The van der Waals surface area contributed by atoms with Crippen molar-refractivity contribution in [1.82, 2.24) is 14.5 Å². The molecule has 1 atom stereocenters. The van der Waals surface area contributed by atoms with Gasteiger partial charge in [-0.1, -0.05) is 39.8 Å². The van der Waals surface area contributed by atoms with Gasteiger partial charge in [-0.05, 0) is 37.7 Å². The quantitative estimate of drug-likeness (QED) is 0.619. The number of piperidine rings is 1. The second kappa shape index (κ2) is 9.27. The zero-order valence-corrected chi connectivity index (χ0v) is 18.5. The molecule has 1 fully saturated rings. The molecule has 4 nitrogen and oxygen atoms in total. The van der Waals surface area contributed by atoms with E-state index in [1.54, 1.807) is 23.5 Å². The first-order valence-electron chi connectivity index (χ1n) is 11.2. The van der Waals surface area contributed by atoms with Gasteiger partial charge in [0.2, 0.25) is 5.91 Å². The molecule has 30 heavy (non-hydrogen) atoms. The van der Waals surface area contributed by atoms with Gasteiger partial charge in [-0.25, -0.2) is 13.8 Å². The van der Waals surface area contributed by atoms with Crippen molar-refractivity contribution in [3.63, 3.8) is 0 Å². The maximum absolute atomic E-state index is 15.4. The Morgan fingerprint density at radius 3 is 2.63 bits per heavy atom. The Morgan fingerprint density at radius 1 is 1.27 bits per heavy atom. The van der Waals surface area contributed by atoms with E-state index in [2.05, 4.69) is 4.98 Å². The standard InChI is InChI=1S/C22H27F2N3O.C2H6/c1-15(2)12-20(28)26-10-8-22(24,9-11-26)7-6-18-21-16(4-3-5-17(21)23)19-13-25-14-27(18)19;1-2/h3-5,13-15,18H,6-12H2,1-2H3;1-2H3. The van der Waals surface area contributed by atoms with E-state index in [0.29, 0.717) is 56.7 Å². The summed E-state index contributed by atoms with van der Waals surface area (Å²) in [4.78, 5) is 18.2. The number of imidazole rings is 1. The lowest BCUT2D eigenvalue weighted by Crippen LogP contribution is -2.45. The molecule has 3 heterocycles. The molecule has 0 spiro atoms. The molecule has 2 aliphatic heterocycles. The van der Waals surface area contributed by atoms with E-state index in [-0.39, 0.29) is 17.8 Å². The molecule has 164 valence electrons.